The predicted octanol–water partition coefficient (Wildman–Crippen LogP) is 0.754. The maximum absolute atomic E-state index is 10.9. The zero-order valence-electron chi connectivity index (χ0n) is 6.50. The van der Waals surface area contributed by atoms with E-state index in [0.29, 0.717) is 5.16 Å². The van der Waals surface area contributed by atoms with Crippen LogP contribution in [0.2, 0.25) is 0 Å². The molecular weight excluding hydrogens is 174 g/mol. The number of aromatic amines is 1. The van der Waals surface area contributed by atoms with E-state index in [1.54, 1.807) is 0 Å². The highest BCUT2D eigenvalue weighted by Gasteiger charge is 1.98. The molecule has 0 saturated heterocycles. The molecule has 0 aliphatic carbocycles. The highest BCUT2D eigenvalue weighted by atomic mass is 32.2. The van der Waals surface area contributed by atoms with E-state index in [-0.39, 0.29) is 11.3 Å². The summed E-state index contributed by atoms with van der Waals surface area (Å²) in [5.41, 5.74) is -0.118. The van der Waals surface area contributed by atoms with Crippen molar-refractivity contribution in [3.05, 3.63) is 22.1 Å². The SMILES string of the molecule is CCSc1nc(C#N)cc(=O)[nH]1. The Kier molecular flexibility index (Phi) is 2.88. The minimum absolute atomic E-state index is 0.162. The van der Waals surface area contributed by atoms with Crippen molar-refractivity contribution in [2.45, 2.75) is 12.1 Å². The van der Waals surface area contributed by atoms with Crippen LogP contribution in [0.25, 0.3) is 0 Å². The first-order chi connectivity index (χ1) is 5.76. The van der Waals surface area contributed by atoms with Crippen molar-refractivity contribution < 1.29 is 0 Å². The molecule has 0 aliphatic heterocycles. The van der Waals surface area contributed by atoms with Gasteiger partial charge in [0.2, 0.25) is 0 Å². The van der Waals surface area contributed by atoms with Crippen LogP contribution in [0.4, 0.5) is 0 Å². The quantitative estimate of drug-likeness (QED) is 0.540. The molecule has 62 valence electrons. The van der Waals surface area contributed by atoms with Gasteiger partial charge in [0.25, 0.3) is 5.56 Å². The third kappa shape index (κ3) is 2.10. The van der Waals surface area contributed by atoms with E-state index in [1.807, 2.05) is 13.0 Å². The van der Waals surface area contributed by atoms with Crippen LogP contribution in [-0.4, -0.2) is 15.7 Å². The molecule has 5 heteroatoms. The van der Waals surface area contributed by atoms with E-state index in [1.165, 1.54) is 17.8 Å². The number of nitriles is 1. The second-order valence-corrected chi connectivity index (χ2v) is 3.23. The van der Waals surface area contributed by atoms with Crippen molar-refractivity contribution in [2.75, 3.05) is 5.75 Å². The van der Waals surface area contributed by atoms with Crippen molar-refractivity contribution in [2.24, 2.45) is 0 Å². The molecule has 0 amide bonds. The van der Waals surface area contributed by atoms with Gasteiger partial charge in [0.1, 0.15) is 11.8 Å². The minimum Gasteiger partial charge on any atom is -0.301 e. The number of rotatable bonds is 2. The average molecular weight is 181 g/mol. The van der Waals surface area contributed by atoms with E-state index in [2.05, 4.69) is 9.97 Å². The lowest BCUT2D eigenvalue weighted by Crippen LogP contribution is -2.08. The van der Waals surface area contributed by atoms with Crippen LogP contribution in [0, 0.1) is 11.3 Å². The maximum Gasteiger partial charge on any atom is 0.252 e. The summed E-state index contributed by atoms with van der Waals surface area (Å²) in [6.45, 7) is 1.95. The topological polar surface area (TPSA) is 69.5 Å². The predicted molar refractivity (Wildman–Crippen MR) is 46.0 cm³/mol. The number of hydrogen-bond donors (Lipinski definition) is 1. The molecule has 0 spiro atoms. The molecule has 1 heterocycles. The number of thioether (sulfide) groups is 1. The third-order valence-electron chi connectivity index (χ3n) is 1.12. The van der Waals surface area contributed by atoms with Crippen LogP contribution >= 0.6 is 11.8 Å². The number of hydrogen-bond acceptors (Lipinski definition) is 4. The first kappa shape index (κ1) is 8.81. The Morgan fingerprint density at radius 1 is 1.83 bits per heavy atom. The van der Waals surface area contributed by atoms with Crippen molar-refractivity contribution in [1.82, 2.24) is 9.97 Å². The molecule has 4 nitrogen and oxygen atoms in total. The van der Waals surface area contributed by atoms with Gasteiger partial charge in [-0.05, 0) is 5.75 Å². The molecule has 1 aromatic rings. The summed E-state index contributed by atoms with van der Waals surface area (Å²) < 4.78 is 0. The molecule has 1 rings (SSSR count). The van der Waals surface area contributed by atoms with Crippen molar-refractivity contribution >= 4 is 11.8 Å². The zero-order chi connectivity index (χ0) is 8.97. The molecule has 0 fully saturated rings. The van der Waals surface area contributed by atoms with Crippen LogP contribution < -0.4 is 5.56 Å². The average Bonchev–Trinajstić information content (AvgIpc) is 2.04. The lowest BCUT2D eigenvalue weighted by atomic mass is 10.4. The molecule has 0 saturated carbocycles. The molecular formula is C7H7N3OS. The normalized spacial score (nSPS) is 9.33. The number of aromatic nitrogens is 2. The van der Waals surface area contributed by atoms with Gasteiger partial charge in [-0.1, -0.05) is 18.7 Å². The molecule has 0 unspecified atom stereocenters. The Morgan fingerprint density at radius 3 is 3.17 bits per heavy atom. The summed E-state index contributed by atoms with van der Waals surface area (Å²) in [6, 6.07) is 3.00. The van der Waals surface area contributed by atoms with Crippen LogP contribution in [0.5, 0.6) is 0 Å². The van der Waals surface area contributed by atoms with Crippen LogP contribution in [0.3, 0.4) is 0 Å². The zero-order valence-corrected chi connectivity index (χ0v) is 7.31. The molecule has 12 heavy (non-hydrogen) atoms. The fourth-order valence-electron chi connectivity index (χ4n) is 0.698. The van der Waals surface area contributed by atoms with Crippen molar-refractivity contribution in [3.8, 4) is 6.07 Å². The third-order valence-corrected chi connectivity index (χ3v) is 1.87. The largest absolute Gasteiger partial charge is 0.301 e. The lowest BCUT2D eigenvalue weighted by molar-refractivity contribution is 0.924. The first-order valence-electron chi connectivity index (χ1n) is 3.40. The Hall–Kier alpha value is -1.28. The minimum atomic E-state index is -0.280. The first-order valence-corrected chi connectivity index (χ1v) is 4.39. The molecule has 0 aromatic carbocycles. The number of H-pyrrole nitrogens is 1. The van der Waals surface area contributed by atoms with Gasteiger partial charge in [-0.3, -0.25) is 4.79 Å². The second kappa shape index (κ2) is 3.93. The fraction of sp³-hybridized carbons (Fsp3) is 0.286. The maximum atomic E-state index is 10.9. The van der Waals surface area contributed by atoms with Gasteiger partial charge in [-0.2, -0.15) is 5.26 Å². The van der Waals surface area contributed by atoms with Gasteiger partial charge in [0.05, 0.1) is 0 Å². The smallest absolute Gasteiger partial charge is 0.252 e. The Balaban J connectivity index is 3.09. The summed E-state index contributed by atoms with van der Waals surface area (Å²) >= 11 is 1.40. The highest BCUT2D eigenvalue weighted by molar-refractivity contribution is 7.99. The van der Waals surface area contributed by atoms with E-state index < -0.39 is 0 Å². The van der Waals surface area contributed by atoms with Gasteiger partial charge < -0.3 is 4.98 Å². The summed E-state index contributed by atoms with van der Waals surface area (Å²) in [6.07, 6.45) is 0. The van der Waals surface area contributed by atoms with Gasteiger partial charge in [0, 0.05) is 6.07 Å². The highest BCUT2D eigenvalue weighted by Crippen LogP contribution is 2.08. The molecule has 1 N–H and O–H groups in total. The van der Waals surface area contributed by atoms with Crippen LogP contribution in [0.1, 0.15) is 12.6 Å². The van der Waals surface area contributed by atoms with Gasteiger partial charge in [0.15, 0.2) is 5.16 Å². The molecule has 0 aliphatic rings. The van der Waals surface area contributed by atoms with Crippen LogP contribution in [0.15, 0.2) is 16.0 Å². The number of nitrogens with zero attached hydrogens (tertiary/aromatic N) is 2. The Morgan fingerprint density at radius 2 is 2.58 bits per heavy atom. The lowest BCUT2D eigenvalue weighted by Gasteiger charge is -1.95. The van der Waals surface area contributed by atoms with Gasteiger partial charge in [-0.15, -0.1) is 0 Å². The second-order valence-electron chi connectivity index (χ2n) is 1.98. The van der Waals surface area contributed by atoms with Crippen molar-refractivity contribution in [3.63, 3.8) is 0 Å². The summed E-state index contributed by atoms with van der Waals surface area (Å²) in [4.78, 5) is 17.3. The van der Waals surface area contributed by atoms with Crippen LogP contribution in [-0.2, 0) is 0 Å². The standard InChI is InChI=1S/C7H7N3OS/c1-2-12-7-9-5(4-8)3-6(11)10-7/h3H,2H2,1H3,(H,9,10,11). The van der Waals surface area contributed by atoms with Crippen molar-refractivity contribution in [1.29, 1.82) is 5.26 Å². The van der Waals surface area contributed by atoms with Gasteiger partial charge in [-0.25, -0.2) is 4.98 Å². The molecule has 0 atom stereocenters. The summed E-state index contributed by atoms with van der Waals surface area (Å²) in [5, 5.41) is 8.98. The number of nitrogens with one attached hydrogen (secondary N) is 1. The van der Waals surface area contributed by atoms with E-state index in [4.69, 9.17) is 5.26 Å². The fourth-order valence-corrected chi connectivity index (χ4v) is 1.31. The Labute approximate surface area is 73.6 Å². The Bertz CT molecular complexity index is 366. The monoisotopic (exact) mass is 181 g/mol. The molecule has 0 radical (unpaired) electrons. The van der Waals surface area contributed by atoms with E-state index >= 15 is 0 Å². The van der Waals surface area contributed by atoms with E-state index in [0.717, 1.165) is 5.75 Å². The summed E-state index contributed by atoms with van der Waals surface area (Å²) in [5.74, 6) is 0.817. The summed E-state index contributed by atoms with van der Waals surface area (Å²) in [7, 11) is 0. The van der Waals surface area contributed by atoms with Gasteiger partial charge >= 0.3 is 0 Å². The molecule has 0 bridgehead atoms. The van der Waals surface area contributed by atoms with E-state index in [9.17, 15) is 4.79 Å². The molecule has 1 aromatic heterocycles.